The van der Waals surface area contributed by atoms with Gasteiger partial charge in [0.2, 0.25) is 11.8 Å². The molecule has 3 amide bonds. The smallest absolute Gasteiger partial charge is 0.408 e. The number of nitrogens with one attached hydrogen (secondary N) is 2. The molecule has 1 aromatic carbocycles. The lowest BCUT2D eigenvalue weighted by atomic mass is 10.0. The second-order valence-corrected chi connectivity index (χ2v) is 9.37. The van der Waals surface area contributed by atoms with Crippen LogP contribution in [0.2, 0.25) is 0 Å². The van der Waals surface area contributed by atoms with Crippen LogP contribution in [0.25, 0.3) is 0 Å². The number of aryl methyl sites for hydroxylation is 1. The maximum absolute atomic E-state index is 13.6. The fourth-order valence-electron chi connectivity index (χ4n) is 3.32. The molecule has 1 aromatic rings. The maximum Gasteiger partial charge on any atom is 0.408 e. The van der Waals surface area contributed by atoms with Gasteiger partial charge in [0, 0.05) is 18.8 Å². The van der Waals surface area contributed by atoms with Crippen LogP contribution in [0.3, 0.4) is 0 Å². The highest BCUT2D eigenvalue weighted by Crippen LogP contribution is 2.24. The number of benzene rings is 1. The number of carbonyl (C=O) groups is 4. The third-order valence-electron chi connectivity index (χ3n) is 4.98. The molecule has 0 aliphatic heterocycles. The lowest BCUT2D eigenvalue weighted by Gasteiger charge is -2.33. The average Bonchev–Trinajstić information content (AvgIpc) is 2.81. The molecule has 1 rings (SSSR count). The summed E-state index contributed by atoms with van der Waals surface area (Å²) < 4.78 is 10.2. The van der Waals surface area contributed by atoms with E-state index in [0.29, 0.717) is 5.56 Å². The van der Waals surface area contributed by atoms with Gasteiger partial charge in [-0.3, -0.25) is 14.4 Å². The molecule has 0 heterocycles. The number of nitrogens with zero attached hydrogens (tertiary/aromatic N) is 1. The number of thiol groups is 1. The van der Waals surface area contributed by atoms with Crippen LogP contribution in [-0.4, -0.2) is 65.9 Å². The fraction of sp³-hybridized carbons (Fsp3) is 0.538. The Balaban J connectivity index is 3.26. The molecule has 0 fully saturated rings. The zero-order valence-electron chi connectivity index (χ0n) is 21.8. The van der Waals surface area contributed by atoms with Crippen LogP contribution in [0.4, 0.5) is 4.79 Å². The van der Waals surface area contributed by atoms with Gasteiger partial charge >= 0.3 is 12.1 Å². The Labute approximate surface area is 219 Å². The standard InChI is InChI=1S/C26H39N3O6S/c1-7-16-29(24(32)20(17-36)28-25(33)35-26(4,5)6)22(19-12-10-18(8-2)11-13-19)23(31)27-15-14-21(30)34-9-3/h7,10-13,20,22,36H,1,8-9,14-17H2,2-6H3,(H,27,31)(H,28,33). The van der Waals surface area contributed by atoms with E-state index in [1.165, 1.54) is 11.0 Å². The number of hydrogen-bond acceptors (Lipinski definition) is 7. The van der Waals surface area contributed by atoms with E-state index in [-0.39, 0.29) is 31.9 Å². The predicted octanol–water partition coefficient (Wildman–Crippen LogP) is 3.20. The summed E-state index contributed by atoms with van der Waals surface area (Å²) in [5.74, 6) is -1.45. The molecule has 0 spiro atoms. The maximum atomic E-state index is 13.6. The van der Waals surface area contributed by atoms with Crippen molar-refractivity contribution in [2.75, 3.05) is 25.4 Å². The van der Waals surface area contributed by atoms with Crippen molar-refractivity contribution in [1.29, 1.82) is 0 Å². The van der Waals surface area contributed by atoms with Gasteiger partial charge in [0.05, 0.1) is 13.0 Å². The molecule has 2 unspecified atom stereocenters. The van der Waals surface area contributed by atoms with Crippen molar-refractivity contribution in [2.24, 2.45) is 0 Å². The number of amides is 3. The van der Waals surface area contributed by atoms with E-state index >= 15 is 0 Å². The first-order valence-electron chi connectivity index (χ1n) is 12.0. The van der Waals surface area contributed by atoms with E-state index in [0.717, 1.165) is 12.0 Å². The first-order chi connectivity index (χ1) is 17.0. The molecule has 0 aliphatic carbocycles. The summed E-state index contributed by atoms with van der Waals surface area (Å²) in [5.41, 5.74) is 0.894. The Morgan fingerprint density at radius 1 is 1.14 bits per heavy atom. The molecule has 2 atom stereocenters. The lowest BCUT2D eigenvalue weighted by Crippen LogP contribution is -2.54. The van der Waals surface area contributed by atoms with Gasteiger partial charge < -0.3 is 25.0 Å². The fourth-order valence-corrected chi connectivity index (χ4v) is 3.57. The Morgan fingerprint density at radius 3 is 2.28 bits per heavy atom. The molecule has 2 N–H and O–H groups in total. The Hall–Kier alpha value is -3.01. The third kappa shape index (κ3) is 10.3. The number of alkyl carbamates (subject to hydrolysis) is 1. The number of hydrogen-bond donors (Lipinski definition) is 3. The van der Waals surface area contributed by atoms with Crippen LogP contribution in [0.1, 0.15) is 58.2 Å². The normalized spacial score (nSPS) is 12.6. The first kappa shape index (κ1) is 31.0. The van der Waals surface area contributed by atoms with Gasteiger partial charge in [-0.2, -0.15) is 12.6 Å². The van der Waals surface area contributed by atoms with Crippen molar-refractivity contribution in [3.63, 3.8) is 0 Å². The highest BCUT2D eigenvalue weighted by Gasteiger charge is 2.35. The molecular weight excluding hydrogens is 482 g/mol. The minimum absolute atomic E-state index is 0.00403. The van der Waals surface area contributed by atoms with Gasteiger partial charge in [-0.1, -0.05) is 37.3 Å². The van der Waals surface area contributed by atoms with Crippen molar-refractivity contribution in [3.05, 3.63) is 48.0 Å². The summed E-state index contributed by atoms with van der Waals surface area (Å²) in [6, 6.07) is 5.27. The van der Waals surface area contributed by atoms with E-state index in [9.17, 15) is 19.2 Å². The molecule has 0 saturated heterocycles. The van der Waals surface area contributed by atoms with Gasteiger partial charge in [0.15, 0.2) is 0 Å². The predicted molar refractivity (Wildman–Crippen MR) is 142 cm³/mol. The van der Waals surface area contributed by atoms with Crippen LogP contribution < -0.4 is 10.6 Å². The Morgan fingerprint density at radius 2 is 1.78 bits per heavy atom. The molecular formula is C26H39N3O6S. The molecule has 0 aromatic heterocycles. The largest absolute Gasteiger partial charge is 0.466 e. The number of ether oxygens (including phenoxy) is 2. The second-order valence-electron chi connectivity index (χ2n) is 9.00. The molecule has 200 valence electrons. The highest BCUT2D eigenvalue weighted by molar-refractivity contribution is 7.80. The van der Waals surface area contributed by atoms with Crippen molar-refractivity contribution in [2.45, 2.75) is 65.1 Å². The lowest BCUT2D eigenvalue weighted by molar-refractivity contribution is -0.144. The summed E-state index contributed by atoms with van der Waals surface area (Å²) in [5, 5.41) is 5.26. The van der Waals surface area contributed by atoms with E-state index in [1.54, 1.807) is 39.8 Å². The molecule has 9 nitrogen and oxygen atoms in total. The number of carbonyl (C=O) groups excluding carboxylic acids is 4. The van der Waals surface area contributed by atoms with Gasteiger partial charge in [-0.05, 0) is 45.2 Å². The van der Waals surface area contributed by atoms with Crippen LogP contribution in [0.5, 0.6) is 0 Å². The van der Waals surface area contributed by atoms with Crippen molar-refractivity contribution in [1.82, 2.24) is 15.5 Å². The van der Waals surface area contributed by atoms with Crippen LogP contribution in [0.15, 0.2) is 36.9 Å². The zero-order chi connectivity index (χ0) is 27.3. The van der Waals surface area contributed by atoms with Crippen molar-refractivity contribution in [3.8, 4) is 0 Å². The molecule has 10 heteroatoms. The Kier molecular flexibility index (Phi) is 13.1. The van der Waals surface area contributed by atoms with Crippen molar-refractivity contribution >= 4 is 36.5 Å². The van der Waals surface area contributed by atoms with Gasteiger partial charge in [0.25, 0.3) is 0 Å². The average molecular weight is 522 g/mol. The second kappa shape index (κ2) is 15.2. The van der Waals surface area contributed by atoms with E-state index in [1.807, 2.05) is 19.1 Å². The van der Waals surface area contributed by atoms with Crippen LogP contribution in [-0.2, 0) is 30.3 Å². The summed E-state index contributed by atoms with van der Waals surface area (Å²) in [7, 11) is 0. The van der Waals surface area contributed by atoms with E-state index in [4.69, 9.17) is 9.47 Å². The summed E-state index contributed by atoms with van der Waals surface area (Å²) in [6.45, 7) is 12.9. The summed E-state index contributed by atoms with van der Waals surface area (Å²) >= 11 is 4.24. The van der Waals surface area contributed by atoms with Crippen LogP contribution in [0, 0.1) is 0 Å². The number of rotatable bonds is 13. The monoisotopic (exact) mass is 521 g/mol. The molecule has 0 aliphatic rings. The molecule has 0 bridgehead atoms. The molecule has 36 heavy (non-hydrogen) atoms. The highest BCUT2D eigenvalue weighted by atomic mass is 32.1. The van der Waals surface area contributed by atoms with Crippen LogP contribution >= 0.6 is 12.6 Å². The zero-order valence-corrected chi connectivity index (χ0v) is 22.7. The minimum atomic E-state index is -1.05. The third-order valence-corrected chi connectivity index (χ3v) is 5.34. The molecule has 0 radical (unpaired) electrons. The SMILES string of the molecule is C=CCN(C(=O)C(CS)NC(=O)OC(C)(C)C)C(C(=O)NCCC(=O)OCC)c1ccc(CC)cc1. The van der Waals surface area contributed by atoms with Gasteiger partial charge in [-0.15, -0.1) is 6.58 Å². The van der Waals surface area contributed by atoms with Gasteiger partial charge in [-0.25, -0.2) is 4.79 Å². The summed E-state index contributed by atoms with van der Waals surface area (Å²) in [4.78, 5) is 52.3. The quantitative estimate of drug-likeness (QED) is 0.209. The minimum Gasteiger partial charge on any atom is -0.466 e. The number of esters is 1. The topological polar surface area (TPSA) is 114 Å². The molecule has 0 saturated carbocycles. The first-order valence-corrected chi connectivity index (χ1v) is 12.6. The van der Waals surface area contributed by atoms with E-state index in [2.05, 4.69) is 29.8 Å². The van der Waals surface area contributed by atoms with Gasteiger partial charge in [0.1, 0.15) is 17.7 Å². The summed E-state index contributed by atoms with van der Waals surface area (Å²) in [6.07, 6.45) is 1.54. The Bertz CT molecular complexity index is 898. The van der Waals surface area contributed by atoms with Crippen molar-refractivity contribution < 1.29 is 28.7 Å². The van der Waals surface area contributed by atoms with E-state index < -0.39 is 41.6 Å².